The zero-order valence-electron chi connectivity index (χ0n) is 10.6. The van der Waals surface area contributed by atoms with E-state index in [4.69, 9.17) is 5.11 Å². The van der Waals surface area contributed by atoms with Gasteiger partial charge in [-0.05, 0) is 38.0 Å². The third-order valence-corrected chi connectivity index (χ3v) is 2.29. The molecule has 5 heteroatoms. The number of nitrogens with one attached hydrogen (secondary N) is 2. The lowest BCUT2D eigenvalue weighted by Crippen LogP contribution is -2.40. The van der Waals surface area contributed by atoms with Gasteiger partial charge in [0.25, 0.3) is 0 Å². The molecule has 2 amide bonds. The van der Waals surface area contributed by atoms with Crippen molar-refractivity contribution in [2.24, 2.45) is 0 Å². The second kappa shape index (κ2) is 6.64. The van der Waals surface area contributed by atoms with Gasteiger partial charge in [0.2, 0.25) is 0 Å². The lowest BCUT2D eigenvalue weighted by atomic mass is 10.1. The predicted octanol–water partition coefficient (Wildman–Crippen LogP) is 1.63. The fourth-order valence-electron chi connectivity index (χ4n) is 1.49. The molecule has 0 atom stereocenters. The normalized spacial score (nSPS) is 10.2. The topological polar surface area (TPSA) is 78.4 Å². The highest BCUT2D eigenvalue weighted by Crippen LogP contribution is 2.05. The summed E-state index contributed by atoms with van der Waals surface area (Å²) in [5.41, 5.74) is 1.15. The smallest absolute Gasteiger partial charge is 0.335 e. The first-order valence-electron chi connectivity index (χ1n) is 5.85. The summed E-state index contributed by atoms with van der Waals surface area (Å²) in [6, 6.07) is 6.59. The average Bonchev–Trinajstić information content (AvgIpc) is 2.28. The molecule has 0 saturated heterocycles. The molecule has 0 unspecified atom stereocenters. The summed E-state index contributed by atoms with van der Waals surface area (Å²) in [7, 11) is 0. The van der Waals surface area contributed by atoms with Gasteiger partial charge >= 0.3 is 12.0 Å². The minimum absolute atomic E-state index is 0.0975. The van der Waals surface area contributed by atoms with Gasteiger partial charge in [-0.25, -0.2) is 9.59 Å². The van der Waals surface area contributed by atoms with Crippen LogP contribution in [0.3, 0.4) is 0 Å². The highest BCUT2D eigenvalue weighted by molar-refractivity contribution is 5.87. The molecule has 1 rings (SSSR count). The van der Waals surface area contributed by atoms with Gasteiger partial charge in [-0.3, -0.25) is 0 Å². The maximum absolute atomic E-state index is 11.3. The number of amides is 2. The summed E-state index contributed by atoms with van der Waals surface area (Å²) in [6.07, 6.45) is 0.604. The maximum atomic E-state index is 11.3. The van der Waals surface area contributed by atoms with Crippen LogP contribution in [0.4, 0.5) is 4.79 Å². The monoisotopic (exact) mass is 250 g/mol. The van der Waals surface area contributed by atoms with Crippen molar-refractivity contribution in [2.75, 3.05) is 6.54 Å². The Kier molecular flexibility index (Phi) is 5.17. The fourth-order valence-corrected chi connectivity index (χ4v) is 1.49. The fraction of sp³-hybridized carbons (Fsp3) is 0.385. The van der Waals surface area contributed by atoms with Crippen molar-refractivity contribution >= 4 is 12.0 Å². The predicted molar refractivity (Wildman–Crippen MR) is 68.8 cm³/mol. The van der Waals surface area contributed by atoms with Crippen LogP contribution in [0.5, 0.6) is 0 Å². The van der Waals surface area contributed by atoms with Crippen LogP contribution in [0.15, 0.2) is 24.3 Å². The van der Waals surface area contributed by atoms with E-state index < -0.39 is 5.97 Å². The van der Waals surface area contributed by atoms with Gasteiger partial charge in [-0.15, -0.1) is 0 Å². The van der Waals surface area contributed by atoms with Crippen LogP contribution < -0.4 is 10.6 Å². The van der Waals surface area contributed by atoms with Gasteiger partial charge in [0, 0.05) is 12.6 Å². The van der Waals surface area contributed by atoms with E-state index in [1.54, 1.807) is 18.2 Å². The molecule has 3 N–H and O–H groups in total. The summed E-state index contributed by atoms with van der Waals surface area (Å²) in [4.78, 5) is 22.1. The summed E-state index contributed by atoms with van der Waals surface area (Å²) in [5, 5.41) is 14.3. The highest BCUT2D eigenvalue weighted by Gasteiger charge is 2.04. The van der Waals surface area contributed by atoms with E-state index in [0.717, 1.165) is 5.56 Å². The molecule has 0 radical (unpaired) electrons. The first-order valence-corrected chi connectivity index (χ1v) is 5.85. The minimum atomic E-state index is -0.942. The molecule has 1 aromatic carbocycles. The number of carboxylic acids is 1. The number of aromatic carboxylic acids is 1. The molecule has 0 fully saturated rings. The Hall–Kier alpha value is -2.04. The number of rotatable bonds is 5. The molecule has 0 aromatic heterocycles. The lowest BCUT2D eigenvalue weighted by molar-refractivity contribution is 0.0696. The number of carboxylic acid groups (broad SMARTS) is 1. The van der Waals surface area contributed by atoms with Crippen molar-refractivity contribution in [3.05, 3.63) is 35.4 Å². The SMILES string of the molecule is CC(C)NC(=O)NCCc1cccc(C(=O)O)c1. The lowest BCUT2D eigenvalue weighted by Gasteiger charge is -2.10. The molecule has 0 aliphatic heterocycles. The van der Waals surface area contributed by atoms with Crippen LogP contribution in [0.2, 0.25) is 0 Å². The average molecular weight is 250 g/mol. The largest absolute Gasteiger partial charge is 0.478 e. The van der Waals surface area contributed by atoms with Crippen LogP contribution >= 0.6 is 0 Å². The van der Waals surface area contributed by atoms with Crippen molar-refractivity contribution in [1.82, 2.24) is 10.6 Å². The number of hydrogen-bond acceptors (Lipinski definition) is 2. The maximum Gasteiger partial charge on any atom is 0.335 e. The van der Waals surface area contributed by atoms with E-state index >= 15 is 0 Å². The number of hydrogen-bond donors (Lipinski definition) is 3. The Balaban J connectivity index is 2.42. The van der Waals surface area contributed by atoms with E-state index in [-0.39, 0.29) is 17.6 Å². The van der Waals surface area contributed by atoms with Crippen molar-refractivity contribution in [3.8, 4) is 0 Å². The van der Waals surface area contributed by atoms with Crippen molar-refractivity contribution in [1.29, 1.82) is 0 Å². The second-order valence-corrected chi connectivity index (χ2v) is 4.31. The molecule has 0 spiro atoms. The molecule has 98 valence electrons. The van der Waals surface area contributed by atoms with Crippen LogP contribution in [0.1, 0.15) is 29.8 Å². The van der Waals surface area contributed by atoms with E-state index in [2.05, 4.69) is 10.6 Å². The quantitative estimate of drug-likeness (QED) is 0.743. The van der Waals surface area contributed by atoms with E-state index in [9.17, 15) is 9.59 Å². The molecule has 0 aliphatic rings. The third kappa shape index (κ3) is 4.86. The van der Waals surface area contributed by atoms with Crippen molar-refractivity contribution in [2.45, 2.75) is 26.3 Å². The molecule has 18 heavy (non-hydrogen) atoms. The first-order chi connectivity index (χ1) is 8.49. The van der Waals surface area contributed by atoms with Crippen LogP contribution in [0.25, 0.3) is 0 Å². The number of urea groups is 1. The number of benzene rings is 1. The van der Waals surface area contributed by atoms with E-state index in [0.29, 0.717) is 13.0 Å². The molecule has 0 heterocycles. The summed E-state index contributed by atoms with van der Waals surface area (Å²) in [5.74, 6) is -0.942. The molecule has 0 aliphatic carbocycles. The van der Waals surface area contributed by atoms with Gasteiger partial charge in [0.05, 0.1) is 5.56 Å². The molecule has 1 aromatic rings. The van der Waals surface area contributed by atoms with Gasteiger partial charge < -0.3 is 15.7 Å². The molecule has 0 saturated carbocycles. The standard InChI is InChI=1S/C13H18N2O3/c1-9(2)15-13(18)14-7-6-10-4-3-5-11(8-10)12(16)17/h3-5,8-9H,6-7H2,1-2H3,(H,16,17)(H2,14,15,18). The van der Waals surface area contributed by atoms with Gasteiger partial charge in [0.15, 0.2) is 0 Å². The van der Waals surface area contributed by atoms with Gasteiger partial charge in [0.1, 0.15) is 0 Å². The summed E-state index contributed by atoms with van der Waals surface area (Å²) < 4.78 is 0. The molecule has 5 nitrogen and oxygen atoms in total. The van der Waals surface area contributed by atoms with Gasteiger partial charge in [-0.1, -0.05) is 12.1 Å². The Bertz CT molecular complexity index is 430. The molecular weight excluding hydrogens is 232 g/mol. The Labute approximate surface area is 106 Å². The van der Waals surface area contributed by atoms with Crippen LogP contribution in [-0.4, -0.2) is 29.7 Å². The summed E-state index contributed by atoms with van der Waals surface area (Å²) in [6.45, 7) is 4.24. The number of carbonyl (C=O) groups is 2. The van der Waals surface area contributed by atoms with Gasteiger partial charge in [-0.2, -0.15) is 0 Å². The molecule has 0 bridgehead atoms. The molecular formula is C13H18N2O3. The highest BCUT2D eigenvalue weighted by atomic mass is 16.4. The second-order valence-electron chi connectivity index (χ2n) is 4.31. The Morgan fingerprint density at radius 2 is 2.06 bits per heavy atom. The van der Waals surface area contributed by atoms with Crippen LogP contribution in [-0.2, 0) is 6.42 Å². The summed E-state index contributed by atoms with van der Waals surface area (Å²) >= 11 is 0. The Morgan fingerprint density at radius 1 is 1.33 bits per heavy atom. The zero-order valence-corrected chi connectivity index (χ0v) is 10.6. The Morgan fingerprint density at radius 3 is 2.67 bits per heavy atom. The van der Waals surface area contributed by atoms with Crippen molar-refractivity contribution in [3.63, 3.8) is 0 Å². The minimum Gasteiger partial charge on any atom is -0.478 e. The number of carbonyl (C=O) groups excluding carboxylic acids is 1. The van der Waals surface area contributed by atoms with Crippen molar-refractivity contribution < 1.29 is 14.7 Å². The van der Waals surface area contributed by atoms with E-state index in [1.807, 2.05) is 19.9 Å². The first kappa shape index (κ1) is 14.0. The van der Waals surface area contributed by atoms with E-state index in [1.165, 1.54) is 0 Å². The zero-order chi connectivity index (χ0) is 13.5. The van der Waals surface area contributed by atoms with Crippen LogP contribution in [0, 0.1) is 0 Å². The third-order valence-electron chi connectivity index (χ3n) is 2.29.